The molecular weight excluding hydrogens is 573 g/mol. The number of halogens is 6. The highest BCUT2D eigenvalue weighted by Crippen LogP contribution is 2.36. The zero-order chi connectivity index (χ0) is 29.3. The van der Waals surface area contributed by atoms with Crippen molar-refractivity contribution in [1.82, 2.24) is 15.3 Å². The fourth-order valence-electron chi connectivity index (χ4n) is 4.18. The third-order valence-electron chi connectivity index (χ3n) is 6.18. The summed E-state index contributed by atoms with van der Waals surface area (Å²) in [4.78, 5) is 34.3. The number of ether oxygens (including phenoxy) is 1. The average Bonchev–Trinajstić information content (AvgIpc) is 2.95. The first-order valence-corrected chi connectivity index (χ1v) is 12.5. The minimum atomic E-state index is -4.78. The van der Waals surface area contributed by atoms with Gasteiger partial charge >= 0.3 is 12.2 Å². The Kier molecular flexibility index (Phi) is 7.84. The molecule has 2 heterocycles. The van der Waals surface area contributed by atoms with Crippen molar-refractivity contribution in [2.24, 2.45) is 0 Å². The number of carbonyl (C=O) groups is 2. The van der Waals surface area contributed by atoms with Crippen LogP contribution in [0.5, 0.6) is 0 Å². The molecule has 3 aromatic carbocycles. The van der Waals surface area contributed by atoms with Crippen molar-refractivity contribution in [3.8, 4) is 0 Å². The van der Waals surface area contributed by atoms with Crippen LogP contribution < -0.4 is 16.0 Å². The monoisotopic (exact) mass is 591 g/mol. The molecule has 14 heteroatoms. The van der Waals surface area contributed by atoms with Gasteiger partial charge in [0.15, 0.2) is 11.6 Å². The molecule has 4 aromatic rings. The highest BCUT2D eigenvalue weighted by molar-refractivity contribution is 6.31. The number of anilines is 2. The topological polar surface area (TPSA) is 105 Å². The van der Waals surface area contributed by atoms with Crippen LogP contribution in [0.25, 0.3) is 11.0 Å². The number of carbonyl (C=O) groups excluding carboxylic acids is 2. The first-order valence-electron chi connectivity index (χ1n) is 12.1. The molecule has 212 valence electrons. The van der Waals surface area contributed by atoms with E-state index < -0.39 is 51.5 Å². The number of amides is 2. The van der Waals surface area contributed by atoms with Gasteiger partial charge in [-0.1, -0.05) is 11.6 Å². The highest BCUT2D eigenvalue weighted by atomic mass is 35.5. The molecule has 0 spiro atoms. The van der Waals surface area contributed by atoms with Gasteiger partial charge < -0.3 is 20.7 Å². The predicted octanol–water partition coefficient (Wildman–Crippen LogP) is 6.12. The lowest BCUT2D eigenvalue weighted by Gasteiger charge is -2.22. The Morgan fingerprint density at radius 1 is 1.02 bits per heavy atom. The van der Waals surface area contributed by atoms with Crippen molar-refractivity contribution in [2.75, 3.05) is 30.3 Å². The average molecular weight is 592 g/mol. The summed E-state index contributed by atoms with van der Waals surface area (Å²) in [6.45, 7) is 1.80. The number of aromatic nitrogens is 2. The first kappa shape index (κ1) is 28.3. The number of rotatable bonds is 5. The van der Waals surface area contributed by atoms with Gasteiger partial charge in [0.05, 0.1) is 51.4 Å². The van der Waals surface area contributed by atoms with Crippen LogP contribution in [0.3, 0.4) is 0 Å². The quantitative estimate of drug-likeness (QED) is 0.191. The van der Waals surface area contributed by atoms with Gasteiger partial charge in [0.25, 0.3) is 0 Å². The number of morpholine rings is 1. The van der Waals surface area contributed by atoms with Crippen LogP contribution in [0.4, 0.5) is 38.1 Å². The standard InChI is InChI=1S/C27H19ClF5N5O3/c28-16-3-2-14(10-15(16)27(31,32)33)36-26(40)38-19-6-4-17(29)23(24(19)30)25(39)13-1-5-18-20(9-13)35-11-21(37-18)22-12-34-7-8-41-22/h1-6,9-11,22,34H,7-8,12H2,(H2,36,38,40). The van der Waals surface area contributed by atoms with E-state index in [-0.39, 0.29) is 17.4 Å². The van der Waals surface area contributed by atoms with Crippen molar-refractivity contribution in [3.63, 3.8) is 0 Å². The predicted molar refractivity (Wildman–Crippen MR) is 140 cm³/mol. The maximum absolute atomic E-state index is 15.3. The Morgan fingerprint density at radius 2 is 1.83 bits per heavy atom. The number of alkyl halides is 3. The second-order valence-electron chi connectivity index (χ2n) is 8.95. The molecule has 0 radical (unpaired) electrons. The van der Waals surface area contributed by atoms with Crippen molar-refractivity contribution < 1.29 is 36.3 Å². The number of hydrogen-bond donors (Lipinski definition) is 3. The van der Waals surface area contributed by atoms with Gasteiger partial charge in [-0.3, -0.25) is 9.78 Å². The molecule has 5 rings (SSSR count). The Balaban J connectivity index is 1.36. The number of hydrogen-bond acceptors (Lipinski definition) is 6. The number of ketones is 1. The minimum Gasteiger partial charge on any atom is -0.369 e. The van der Waals surface area contributed by atoms with Crippen molar-refractivity contribution in [1.29, 1.82) is 0 Å². The number of urea groups is 1. The van der Waals surface area contributed by atoms with Gasteiger partial charge in [0, 0.05) is 24.3 Å². The lowest BCUT2D eigenvalue weighted by Crippen LogP contribution is -2.33. The summed E-state index contributed by atoms with van der Waals surface area (Å²) in [5, 5.41) is 6.80. The minimum absolute atomic E-state index is 0.0876. The Bertz CT molecular complexity index is 1660. The molecule has 3 N–H and O–H groups in total. The second-order valence-corrected chi connectivity index (χ2v) is 9.35. The molecule has 8 nitrogen and oxygen atoms in total. The Hall–Kier alpha value is -4.20. The molecular formula is C27H19ClF5N5O3. The Labute approximate surface area is 233 Å². The normalized spacial score (nSPS) is 15.5. The molecule has 2 amide bonds. The van der Waals surface area contributed by atoms with Crippen molar-refractivity contribution >= 4 is 45.8 Å². The van der Waals surface area contributed by atoms with Crippen LogP contribution in [-0.4, -0.2) is 41.5 Å². The largest absolute Gasteiger partial charge is 0.417 e. The van der Waals surface area contributed by atoms with E-state index in [0.717, 1.165) is 30.8 Å². The summed E-state index contributed by atoms with van der Waals surface area (Å²) in [7, 11) is 0. The zero-order valence-corrected chi connectivity index (χ0v) is 21.5. The van der Waals surface area contributed by atoms with Crippen LogP contribution in [-0.2, 0) is 10.9 Å². The van der Waals surface area contributed by atoms with Crippen LogP contribution in [0.1, 0.15) is 33.3 Å². The Morgan fingerprint density at radius 3 is 2.56 bits per heavy atom. The summed E-state index contributed by atoms with van der Waals surface area (Å²) >= 11 is 5.57. The molecule has 1 unspecified atom stereocenters. The third kappa shape index (κ3) is 6.11. The lowest BCUT2D eigenvalue weighted by molar-refractivity contribution is -0.137. The molecule has 0 aliphatic carbocycles. The molecule has 1 saturated heterocycles. The van der Waals surface area contributed by atoms with Crippen LogP contribution in [0, 0.1) is 11.6 Å². The van der Waals surface area contributed by atoms with Gasteiger partial charge in [0.1, 0.15) is 11.9 Å². The maximum Gasteiger partial charge on any atom is 0.417 e. The van der Waals surface area contributed by atoms with Gasteiger partial charge in [0.2, 0.25) is 0 Å². The van der Waals surface area contributed by atoms with Crippen LogP contribution >= 0.6 is 11.6 Å². The zero-order valence-electron chi connectivity index (χ0n) is 20.8. The van der Waals surface area contributed by atoms with Gasteiger partial charge in [-0.2, -0.15) is 13.2 Å². The van der Waals surface area contributed by atoms with E-state index in [1.807, 2.05) is 0 Å². The van der Waals surface area contributed by atoms with E-state index >= 15 is 4.39 Å². The van der Waals surface area contributed by atoms with Crippen LogP contribution in [0.2, 0.25) is 5.02 Å². The van der Waals surface area contributed by atoms with Gasteiger partial charge in [-0.05, 0) is 48.5 Å². The number of benzene rings is 3. The lowest BCUT2D eigenvalue weighted by atomic mass is 10.0. The molecule has 1 aromatic heterocycles. The highest BCUT2D eigenvalue weighted by Gasteiger charge is 2.33. The summed E-state index contributed by atoms with van der Waals surface area (Å²) in [6.07, 6.45) is -3.57. The fraction of sp³-hybridized carbons (Fsp3) is 0.185. The summed E-state index contributed by atoms with van der Waals surface area (Å²) in [5.74, 6) is -3.58. The number of nitrogens with zero attached hydrogens (tertiary/aromatic N) is 2. The van der Waals surface area contributed by atoms with E-state index in [2.05, 4.69) is 25.9 Å². The van der Waals surface area contributed by atoms with E-state index in [9.17, 15) is 27.2 Å². The summed E-state index contributed by atoms with van der Waals surface area (Å²) in [6, 6.07) is 7.32. The second kappa shape index (κ2) is 11.4. The molecule has 1 fully saturated rings. The molecule has 1 atom stereocenters. The van der Waals surface area contributed by atoms with E-state index in [4.69, 9.17) is 16.3 Å². The van der Waals surface area contributed by atoms with Gasteiger partial charge in [-0.15, -0.1) is 0 Å². The molecule has 0 bridgehead atoms. The number of nitrogens with one attached hydrogen (secondary N) is 3. The van der Waals surface area contributed by atoms with Crippen molar-refractivity contribution in [3.05, 3.63) is 93.8 Å². The summed E-state index contributed by atoms with van der Waals surface area (Å²) < 4.78 is 74.9. The third-order valence-corrected chi connectivity index (χ3v) is 6.51. The van der Waals surface area contributed by atoms with E-state index in [1.165, 1.54) is 24.4 Å². The molecule has 1 aliphatic rings. The van der Waals surface area contributed by atoms with Gasteiger partial charge in [-0.25, -0.2) is 18.6 Å². The van der Waals surface area contributed by atoms with E-state index in [0.29, 0.717) is 35.9 Å². The molecule has 0 saturated carbocycles. The first-order chi connectivity index (χ1) is 19.5. The summed E-state index contributed by atoms with van der Waals surface area (Å²) in [5.41, 5.74) is -1.75. The molecule has 41 heavy (non-hydrogen) atoms. The fourth-order valence-corrected chi connectivity index (χ4v) is 4.41. The van der Waals surface area contributed by atoms with E-state index in [1.54, 1.807) is 0 Å². The maximum atomic E-state index is 15.3. The molecule has 1 aliphatic heterocycles. The van der Waals surface area contributed by atoms with Crippen molar-refractivity contribution in [2.45, 2.75) is 12.3 Å². The number of fused-ring (bicyclic) bond motifs is 1. The van der Waals surface area contributed by atoms with Crippen LogP contribution in [0.15, 0.2) is 54.7 Å². The SMILES string of the molecule is O=C(Nc1ccc(Cl)c(C(F)(F)F)c1)Nc1ccc(F)c(C(=O)c2ccc3nc(C4CNCCO4)cnc3c2)c1F. The smallest absolute Gasteiger partial charge is 0.369 e.